The average Bonchev–Trinajstić information content (AvgIpc) is 3.26. The van der Waals surface area contributed by atoms with Gasteiger partial charge in [-0.3, -0.25) is 9.59 Å². The third-order valence-electron chi connectivity index (χ3n) is 6.83. The van der Waals surface area contributed by atoms with Crippen LogP contribution in [0, 0.1) is 18.7 Å². The van der Waals surface area contributed by atoms with Crippen molar-refractivity contribution in [1.82, 2.24) is 14.3 Å². The fourth-order valence-electron chi connectivity index (χ4n) is 4.95. The van der Waals surface area contributed by atoms with Crippen LogP contribution in [-0.4, -0.2) is 52.3 Å². The molecule has 0 bridgehead atoms. The van der Waals surface area contributed by atoms with E-state index in [1.54, 1.807) is 24.4 Å². The molecule has 4 heterocycles. The van der Waals surface area contributed by atoms with E-state index in [0.717, 1.165) is 53.9 Å². The lowest BCUT2D eigenvalue weighted by Crippen LogP contribution is -2.40. The van der Waals surface area contributed by atoms with E-state index in [4.69, 9.17) is 0 Å². The maximum absolute atomic E-state index is 14.0. The van der Waals surface area contributed by atoms with Gasteiger partial charge in [0.25, 0.3) is 5.91 Å². The Labute approximate surface area is 202 Å². The number of fused-ring (bicyclic) bond motifs is 1. The highest BCUT2D eigenvalue weighted by Gasteiger charge is 2.31. The summed E-state index contributed by atoms with van der Waals surface area (Å²) in [6.07, 6.45) is 6.15. The molecule has 2 amide bonds. The first-order valence-corrected chi connectivity index (χ1v) is 12.6. The van der Waals surface area contributed by atoms with Crippen LogP contribution in [0.15, 0.2) is 30.5 Å². The second-order valence-corrected chi connectivity index (χ2v) is 9.80. The Kier molecular flexibility index (Phi) is 6.45. The molecule has 2 aliphatic rings. The molecule has 0 unspecified atom stereocenters. The van der Waals surface area contributed by atoms with E-state index >= 15 is 0 Å². The standard InChI is InChI=1S/C25H28FN5O2S/c1-16-21-22(18(15-27-24(21)34-29-16)25(33)31-11-5-2-6-12-31)30-13-9-17(10-14-30)23(32)28-20-8-4-3-7-19(20)26/h3-4,7-8,15,17H,2,5-6,9-14H2,1H3,(H,28,32). The van der Waals surface area contributed by atoms with Gasteiger partial charge in [0.2, 0.25) is 5.91 Å². The summed E-state index contributed by atoms with van der Waals surface area (Å²) < 4.78 is 18.5. The molecule has 0 aliphatic carbocycles. The zero-order valence-electron chi connectivity index (χ0n) is 19.2. The summed E-state index contributed by atoms with van der Waals surface area (Å²) in [5, 5.41) is 3.66. The van der Waals surface area contributed by atoms with E-state index in [1.807, 2.05) is 11.8 Å². The van der Waals surface area contributed by atoms with Crippen LogP contribution in [0.4, 0.5) is 15.8 Å². The van der Waals surface area contributed by atoms with Gasteiger partial charge >= 0.3 is 0 Å². The van der Waals surface area contributed by atoms with Crippen LogP contribution in [0.1, 0.15) is 48.2 Å². The molecule has 0 atom stereocenters. The first-order valence-electron chi connectivity index (χ1n) is 11.9. The number of anilines is 2. The predicted molar refractivity (Wildman–Crippen MR) is 132 cm³/mol. The molecule has 9 heteroatoms. The molecule has 2 fully saturated rings. The first-order chi connectivity index (χ1) is 16.5. The van der Waals surface area contributed by atoms with Crippen molar-refractivity contribution >= 4 is 44.9 Å². The van der Waals surface area contributed by atoms with E-state index in [-0.39, 0.29) is 23.4 Å². The minimum Gasteiger partial charge on any atom is -0.370 e. The van der Waals surface area contributed by atoms with Gasteiger partial charge in [0.15, 0.2) is 0 Å². The van der Waals surface area contributed by atoms with Crippen molar-refractivity contribution < 1.29 is 14.0 Å². The number of rotatable bonds is 4. The van der Waals surface area contributed by atoms with E-state index in [1.165, 1.54) is 17.6 Å². The summed E-state index contributed by atoms with van der Waals surface area (Å²) in [5.74, 6) is -0.790. The van der Waals surface area contributed by atoms with Gasteiger partial charge in [-0.1, -0.05) is 12.1 Å². The predicted octanol–water partition coefficient (Wildman–Crippen LogP) is 4.62. The summed E-state index contributed by atoms with van der Waals surface area (Å²) >= 11 is 1.34. The molecule has 7 nitrogen and oxygen atoms in total. The number of pyridine rings is 1. The zero-order valence-corrected chi connectivity index (χ0v) is 20.0. The summed E-state index contributed by atoms with van der Waals surface area (Å²) in [6, 6.07) is 6.21. The quantitative estimate of drug-likeness (QED) is 0.588. The highest BCUT2D eigenvalue weighted by atomic mass is 32.1. The number of nitrogens with zero attached hydrogens (tertiary/aromatic N) is 4. The van der Waals surface area contributed by atoms with Gasteiger partial charge in [-0.15, -0.1) is 0 Å². The van der Waals surface area contributed by atoms with Crippen molar-refractivity contribution in [1.29, 1.82) is 0 Å². The van der Waals surface area contributed by atoms with Gasteiger partial charge in [-0.05, 0) is 62.7 Å². The van der Waals surface area contributed by atoms with Crippen molar-refractivity contribution in [3.8, 4) is 0 Å². The largest absolute Gasteiger partial charge is 0.370 e. The molecular formula is C25H28FN5O2S. The van der Waals surface area contributed by atoms with E-state index in [0.29, 0.717) is 31.5 Å². The van der Waals surface area contributed by atoms with Crippen LogP contribution < -0.4 is 10.2 Å². The highest BCUT2D eigenvalue weighted by molar-refractivity contribution is 7.13. The lowest BCUT2D eigenvalue weighted by molar-refractivity contribution is -0.120. The number of benzene rings is 1. The summed E-state index contributed by atoms with van der Waals surface area (Å²) in [6.45, 7) is 4.76. The molecule has 2 aromatic heterocycles. The molecule has 178 valence electrons. The number of para-hydroxylation sites is 1. The Balaban J connectivity index is 1.38. The lowest BCUT2D eigenvalue weighted by atomic mass is 9.94. The molecule has 5 rings (SSSR count). The molecule has 2 saturated heterocycles. The lowest BCUT2D eigenvalue weighted by Gasteiger charge is -2.35. The van der Waals surface area contributed by atoms with Crippen molar-refractivity contribution in [2.45, 2.75) is 39.0 Å². The molecule has 3 aromatic rings. The second-order valence-electron chi connectivity index (χ2n) is 9.05. The van der Waals surface area contributed by atoms with Gasteiger partial charge < -0.3 is 15.1 Å². The van der Waals surface area contributed by atoms with Crippen LogP contribution in [0.2, 0.25) is 0 Å². The number of amides is 2. The molecule has 34 heavy (non-hydrogen) atoms. The van der Waals surface area contributed by atoms with Gasteiger partial charge in [0.1, 0.15) is 10.6 Å². The molecule has 2 aliphatic heterocycles. The summed E-state index contributed by atoms with van der Waals surface area (Å²) in [4.78, 5) is 35.8. The van der Waals surface area contributed by atoms with Gasteiger partial charge in [0.05, 0.1) is 28.0 Å². The number of hydrogen-bond donors (Lipinski definition) is 1. The molecule has 0 radical (unpaired) electrons. The topological polar surface area (TPSA) is 78.4 Å². The second kappa shape index (κ2) is 9.66. The van der Waals surface area contributed by atoms with Crippen LogP contribution in [0.25, 0.3) is 10.2 Å². The highest BCUT2D eigenvalue weighted by Crippen LogP contribution is 2.37. The average molecular weight is 482 g/mol. The van der Waals surface area contributed by atoms with Crippen molar-refractivity contribution in [3.05, 3.63) is 47.5 Å². The minimum atomic E-state index is -0.436. The van der Waals surface area contributed by atoms with E-state index in [2.05, 4.69) is 19.6 Å². The van der Waals surface area contributed by atoms with E-state index < -0.39 is 5.82 Å². The molecular weight excluding hydrogens is 453 g/mol. The number of carbonyl (C=O) groups excluding carboxylic acids is 2. The number of halogens is 1. The van der Waals surface area contributed by atoms with Crippen molar-refractivity contribution in [2.75, 3.05) is 36.4 Å². The van der Waals surface area contributed by atoms with Crippen molar-refractivity contribution in [3.63, 3.8) is 0 Å². The van der Waals surface area contributed by atoms with Crippen molar-refractivity contribution in [2.24, 2.45) is 5.92 Å². The fourth-order valence-corrected chi connectivity index (χ4v) is 5.70. The number of carbonyl (C=O) groups is 2. The Morgan fingerprint density at radius 2 is 1.82 bits per heavy atom. The van der Waals surface area contributed by atoms with Gasteiger partial charge in [0, 0.05) is 38.3 Å². The number of nitrogens with one attached hydrogen (secondary N) is 1. The Hall–Kier alpha value is -3.07. The smallest absolute Gasteiger partial charge is 0.257 e. The Morgan fingerprint density at radius 3 is 2.56 bits per heavy atom. The number of hydrogen-bond acceptors (Lipinski definition) is 6. The maximum atomic E-state index is 14.0. The van der Waals surface area contributed by atoms with Gasteiger partial charge in [-0.25, -0.2) is 9.37 Å². The normalized spacial score (nSPS) is 17.2. The maximum Gasteiger partial charge on any atom is 0.257 e. The Bertz CT molecular complexity index is 1220. The third kappa shape index (κ3) is 4.36. The SMILES string of the molecule is Cc1nsc2ncc(C(=O)N3CCCCC3)c(N3CCC(C(=O)Nc4ccccc4F)CC3)c12. The molecule has 0 saturated carbocycles. The number of aromatic nitrogens is 2. The molecule has 1 N–H and O–H groups in total. The van der Waals surface area contributed by atoms with Crippen LogP contribution in [-0.2, 0) is 4.79 Å². The van der Waals surface area contributed by atoms with Crippen LogP contribution >= 0.6 is 11.5 Å². The van der Waals surface area contributed by atoms with E-state index in [9.17, 15) is 14.0 Å². The van der Waals surface area contributed by atoms with Gasteiger partial charge in [-0.2, -0.15) is 4.37 Å². The molecule has 0 spiro atoms. The summed E-state index contributed by atoms with van der Waals surface area (Å²) in [7, 11) is 0. The zero-order chi connectivity index (χ0) is 23.7. The number of likely N-dealkylation sites (tertiary alicyclic amines) is 1. The fraction of sp³-hybridized carbons (Fsp3) is 0.440. The minimum absolute atomic E-state index is 0.0223. The monoisotopic (exact) mass is 481 g/mol. The number of aryl methyl sites for hydroxylation is 1. The Morgan fingerprint density at radius 1 is 1.09 bits per heavy atom. The first kappa shape index (κ1) is 22.7. The third-order valence-corrected chi connectivity index (χ3v) is 7.68. The molecule has 1 aromatic carbocycles. The van der Waals surface area contributed by atoms with Crippen LogP contribution in [0.3, 0.4) is 0 Å². The summed E-state index contributed by atoms with van der Waals surface area (Å²) in [5.41, 5.74) is 2.59. The van der Waals surface area contributed by atoms with Crippen LogP contribution in [0.5, 0.6) is 0 Å². The number of piperidine rings is 2.